The normalized spacial score (nSPS) is 8.55. The van der Waals surface area contributed by atoms with Gasteiger partial charge in [-0.2, -0.15) is 0 Å². The number of hydrogen-bond acceptors (Lipinski definition) is 4. The number of carbonyl (C=O) groups is 2. The predicted molar refractivity (Wildman–Crippen MR) is 33.3 cm³/mol. The Balaban J connectivity index is 0. The van der Waals surface area contributed by atoms with Gasteiger partial charge in [0.15, 0.2) is 11.6 Å². The van der Waals surface area contributed by atoms with Gasteiger partial charge in [0.1, 0.15) is 13.2 Å². The summed E-state index contributed by atoms with van der Waals surface area (Å²) in [5, 5.41) is 0. The average Bonchev–Trinajstić information content (AvgIpc) is 1.79. The van der Waals surface area contributed by atoms with Gasteiger partial charge in [-0.05, 0) is 13.8 Å². The van der Waals surface area contributed by atoms with Gasteiger partial charge < -0.3 is 0 Å². The molecule has 0 saturated carbocycles. The van der Waals surface area contributed by atoms with Crippen molar-refractivity contribution in [2.45, 2.75) is 13.8 Å². The van der Waals surface area contributed by atoms with Crippen LogP contribution in [-0.4, -0.2) is 24.8 Å². The minimum absolute atomic E-state index is 0. The molecule has 0 radical (unpaired) electrons. The zero-order valence-corrected chi connectivity index (χ0v) is 7.50. The minimum atomic E-state index is -0.136. The topological polar surface area (TPSA) is 52.6 Å². The first-order chi connectivity index (χ1) is 4.63. The van der Waals surface area contributed by atoms with E-state index in [-0.39, 0.29) is 41.8 Å². The Morgan fingerprint density at radius 2 is 1.27 bits per heavy atom. The maximum Gasteiger partial charge on any atom is 0.158 e. The third kappa shape index (κ3) is 12.9. The van der Waals surface area contributed by atoms with E-state index in [0.717, 1.165) is 0 Å². The first-order valence-corrected chi connectivity index (χ1v) is 2.86. The molecule has 0 amide bonds. The molecular weight excluding hydrogens is 192 g/mol. The maximum atomic E-state index is 10.2. The van der Waals surface area contributed by atoms with Crippen molar-refractivity contribution in [3.63, 3.8) is 0 Å². The third-order valence-electron chi connectivity index (χ3n) is 0.608. The smallest absolute Gasteiger partial charge is 0.158 e. The first kappa shape index (κ1) is 13.4. The number of rotatable bonds is 5. The van der Waals surface area contributed by atoms with Crippen molar-refractivity contribution in [2.75, 3.05) is 13.2 Å². The quantitative estimate of drug-likeness (QED) is 0.275. The first-order valence-electron chi connectivity index (χ1n) is 2.86. The van der Waals surface area contributed by atoms with Gasteiger partial charge >= 0.3 is 0 Å². The summed E-state index contributed by atoms with van der Waals surface area (Å²) < 4.78 is 0. The number of Topliss-reactive ketones (excluding diaryl/α,β-unsaturated/α-hetero) is 2. The van der Waals surface area contributed by atoms with Gasteiger partial charge in [0.25, 0.3) is 0 Å². The summed E-state index contributed by atoms with van der Waals surface area (Å²) in [5.74, 6) is -0.271. The van der Waals surface area contributed by atoms with Crippen LogP contribution < -0.4 is 0 Å². The molecule has 0 unspecified atom stereocenters. The van der Waals surface area contributed by atoms with E-state index in [1.165, 1.54) is 13.8 Å². The van der Waals surface area contributed by atoms with Gasteiger partial charge in [-0.25, -0.2) is 9.78 Å². The van der Waals surface area contributed by atoms with E-state index in [4.69, 9.17) is 0 Å². The SMILES string of the molecule is CC(=O)COOCC(C)=O.[Fe]. The molecule has 0 saturated heterocycles. The molecule has 0 atom stereocenters. The fourth-order valence-corrected chi connectivity index (χ4v) is 0.249. The molecule has 0 aliphatic rings. The summed E-state index contributed by atoms with van der Waals surface area (Å²) in [6, 6.07) is 0. The zero-order valence-electron chi connectivity index (χ0n) is 6.40. The Morgan fingerprint density at radius 3 is 1.45 bits per heavy atom. The van der Waals surface area contributed by atoms with Crippen molar-refractivity contribution in [1.82, 2.24) is 0 Å². The van der Waals surface area contributed by atoms with E-state index in [2.05, 4.69) is 9.78 Å². The Bertz CT molecular complexity index is 119. The second-order valence-corrected chi connectivity index (χ2v) is 1.93. The van der Waals surface area contributed by atoms with Crippen LogP contribution in [0.2, 0.25) is 0 Å². The van der Waals surface area contributed by atoms with Crippen molar-refractivity contribution in [1.29, 1.82) is 0 Å². The molecule has 4 nitrogen and oxygen atoms in total. The van der Waals surface area contributed by atoms with Gasteiger partial charge in [0.05, 0.1) is 0 Å². The third-order valence-corrected chi connectivity index (χ3v) is 0.608. The van der Waals surface area contributed by atoms with Crippen molar-refractivity contribution in [3.05, 3.63) is 0 Å². The van der Waals surface area contributed by atoms with E-state index in [1.54, 1.807) is 0 Å². The Kier molecular flexibility index (Phi) is 9.58. The molecule has 0 aromatic carbocycles. The van der Waals surface area contributed by atoms with E-state index in [9.17, 15) is 9.59 Å². The molecule has 0 bridgehead atoms. The van der Waals surface area contributed by atoms with Crippen LogP contribution in [-0.2, 0) is 36.4 Å². The standard InChI is InChI=1S/C6H10O4.Fe/c1-5(7)3-9-10-4-6(2)8;/h3-4H2,1-2H3;. The molecule has 0 fully saturated rings. The van der Waals surface area contributed by atoms with E-state index in [1.807, 2.05) is 0 Å². The molecule has 0 aromatic heterocycles. The van der Waals surface area contributed by atoms with Crippen molar-refractivity contribution in [3.8, 4) is 0 Å². The molecule has 0 aromatic rings. The second kappa shape index (κ2) is 7.88. The number of carbonyl (C=O) groups excluding carboxylic acids is 2. The molecule has 5 heteroatoms. The molecule has 66 valence electrons. The van der Waals surface area contributed by atoms with Gasteiger partial charge in [-0.1, -0.05) is 0 Å². The summed E-state index contributed by atoms with van der Waals surface area (Å²) in [7, 11) is 0. The van der Waals surface area contributed by atoms with Crippen molar-refractivity contribution in [2.24, 2.45) is 0 Å². The van der Waals surface area contributed by atoms with E-state index < -0.39 is 0 Å². The van der Waals surface area contributed by atoms with E-state index >= 15 is 0 Å². The molecule has 11 heavy (non-hydrogen) atoms. The molecule has 0 rings (SSSR count). The van der Waals surface area contributed by atoms with Crippen LogP contribution in [0.15, 0.2) is 0 Å². The number of hydrogen-bond donors (Lipinski definition) is 0. The van der Waals surface area contributed by atoms with Gasteiger partial charge in [0.2, 0.25) is 0 Å². The molecular formula is C6H10FeO4. The van der Waals surface area contributed by atoms with Crippen molar-refractivity contribution < 1.29 is 36.4 Å². The minimum Gasteiger partial charge on any atom is -0.297 e. The average molecular weight is 202 g/mol. The van der Waals surface area contributed by atoms with E-state index in [0.29, 0.717) is 0 Å². The summed E-state index contributed by atoms with van der Waals surface area (Å²) in [4.78, 5) is 29.1. The van der Waals surface area contributed by atoms with Gasteiger partial charge in [0, 0.05) is 17.1 Å². The molecule has 0 N–H and O–H groups in total. The van der Waals surface area contributed by atoms with Crippen LogP contribution >= 0.6 is 0 Å². The summed E-state index contributed by atoms with van der Waals surface area (Å²) >= 11 is 0. The summed E-state index contributed by atoms with van der Waals surface area (Å²) in [6.07, 6.45) is 0. The Morgan fingerprint density at radius 1 is 1.00 bits per heavy atom. The largest absolute Gasteiger partial charge is 0.297 e. The van der Waals surface area contributed by atoms with Crippen LogP contribution in [0.1, 0.15) is 13.8 Å². The summed E-state index contributed by atoms with van der Waals surface area (Å²) in [5.41, 5.74) is 0. The molecule has 0 heterocycles. The fraction of sp³-hybridized carbons (Fsp3) is 0.667. The fourth-order valence-electron chi connectivity index (χ4n) is 0.249. The molecule has 0 aliphatic heterocycles. The van der Waals surface area contributed by atoms with Gasteiger partial charge in [-0.15, -0.1) is 0 Å². The second-order valence-electron chi connectivity index (χ2n) is 1.93. The van der Waals surface area contributed by atoms with Crippen LogP contribution in [0.25, 0.3) is 0 Å². The van der Waals surface area contributed by atoms with Gasteiger partial charge in [-0.3, -0.25) is 9.59 Å². The molecule has 0 aliphatic carbocycles. The van der Waals surface area contributed by atoms with Crippen LogP contribution in [0.5, 0.6) is 0 Å². The monoisotopic (exact) mass is 202 g/mol. The van der Waals surface area contributed by atoms with Crippen LogP contribution in [0.4, 0.5) is 0 Å². The predicted octanol–water partition coefficient (Wildman–Crippen LogP) is 0.110. The summed E-state index contributed by atoms with van der Waals surface area (Å²) in [6.45, 7) is 2.54. The van der Waals surface area contributed by atoms with Crippen LogP contribution in [0, 0.1) is 0 Å². The number of ketones is 2. The maximum absolute atomic E-state index is 10.2. The Hall–Kier alpha value is -0.221. The van der Waals surface area contributed by atoms with Crippen molar-refractivity contribution >= 4 is 11.6 Å². The Labute approximate surface area is 75.6 Å². The molecule has 0 spiro atoms. The van der Waals surface area contributed by atoms with Crippen LogP contribution in [0.3, 0.4) is 0 Å². The zero-order chi connectivity index (χ0) is 7.98.